The van der Waals surface area contributed by atoms with E-state index >= 15 is 0 Å². The summed E-state index contributed by atoms with van der Waals surface area (Å²) in [6.45, 7) is 11.8. The first-order valence-electron chi connectivity index (χ1n) is 4.87. The normalized spacial score (nSPS) is 17.3. The van der Waals surface area contributed by atoms with Gasteiger partial charge in [0, 0.05) is 5.41 Å². The highest BCUT2D eigenvalue weighted by Crippen LogP contribution is 2.29. The van der Waals surface area contributed by atoms with E-state index < -0.39 is 0 Å². The van der Waals surface area contributed by atoms with Gasteiger partial charge in [-0.1, -0.05) is 24.6 Å². The molecule has 2 atom stereocenters. The molecule has 0 spiro atoms. The minimum absolute atomic E-state index is 0.147. The molecule has 0 amide bonds. The van der Waals surface area contributed by atoms with Crippen molar-refractivity contribution in [2.24, 2.45) is 5.41 Å². The molecule has 0 heterocycles. The quantitative estimate of drug-likeness (QED) is 0.647. The minimum atomic E-state index is -0.324. The molecule has 1 nitrogen and oxygen atoms in total. The van der Waals surface area contributed by atoms with Crippen molar-refractivity contribution in [2.45, 2.75) is 46.6 Å². The van der Waals surface area contributed by atoms with E-state index in [0.717, 1.165) is 12.8 Å². The highest BCUT2D eigenvalue weighted by molar-refractivity contribution is 4.99. The number of hydrogen-bond acceptors (Lipinski definition) is 1. The first-order chi connectivity index (χ1) is 5.92. The summed E-state index contributed by atoms with van der Waals surface area (Å²) in [6.07, 6.45) is 5.70. The number of rotatable bonds is 5. The van der Waals surface area contributed by atoms with E-state index in [9.17, 15) is 5.11 Å². The van der Waals surface area contributed by atoms with Gasteiger partial charge in [-0.15, -0.1) is 6.58 Å². The number of aliphatic hydroxyl groups excluding tert-OH is 1. The monoisotopic (exact) mass is 182 g/mol. The fourth-order valence-corrected chi connectivity index (χ4v) is 1.15. The zero-order valence-electron chi connectivity index (χ0n) is 9.30. The predicted octanol–water partition coefficient (Wildman–Crippen LogP) is 3.31. The van der Waals surface area contributed by atoms with Crippen LogP contribution in [0, 0.1) is 5.41 Å². The molecule has 0 radical (unpaired) electrons. The zero-order valence-corrected chi connectivity index (χ0v) is 9.30. The zero-order chi connectivity index (χ0) is 10.5. The molecule has 0 aliphatic heterocycles. The molecule has 0 bridgehead atoms. The SMILES string of the molecule is C=CC(C)(CCC=C(C)C)C(C)O. The van der Waals surface area contributed by atoms with Crippen LogP contribution in [0.15, 0.2) is 24.3 Å². The van der Waals surface area contributed by atoms with Crippen molar-refractivity contribution in [3.63, 3.8) is 0 Å². The number of hydrogen-bond donors (Lipinski definition) is 1. The van der Waals surface area contributed by atoms with Crippen LogP contribution >= 0.6 is 0 Å². The molecule has 0 fully saturated rings. The Hall–Kier alpha value is -0.560. The van der Waals surface area contributed by atoms with Gasteiger partial charge in [0.05, 0.1) is 6.10 Å². The van der Waals surface area contributed by atoms with Crippen LogP contribution in [0.4, 0.5) is 0 Å². The van der Waals surface area contributed by atoms with Gasteiger partial charge in [-0.2, -0.15) is 0 Å². The Labute approximate surface area is 82.2 Å². The highest BCUT2D eigenvalue weighted by atomic mass is 16.3. The van der Waals surface area contributed by atoms with Crippen molar-refractivity contribution in [3.05, 3.63) is 24.3 Å². The Morgan fingerprint density at radius 1 is 1.54 bits per heavy atom. The van der Waals surface area contributed by atoms with Crippen molar-refractivity contribution >= 4 is 0 Å². The summed E-state index contributed by atoms with van der Waals surface area (Å²) in [5.74, 6) is 0. The second-order valence-electron chi connectivity index (χ2n) is 4.21. The summed E-state index contributed by atoms with van der Waals surface area (Å²) in [6, 6.07) is 0. The third kappa shape index (κ3) is 4.28. The molecule has 1 N–H and O–H groups in total. The van der Waals surface area contributed by atoms with Gasteiger partial charge in [0.2, 0.25) is 0 Å². The molecule has 13 heavy (non-hydrogen) atoms. The first kappa shape index (κ1) is 12.4. The largest absolute Gasteiger partial charge is 0.393 e. The van der Waals surface area contributed by atoms with E-state index in [1.165, 1.54) is 5.57 Å². The van der Waals surface area contributed by atoms with Gasteiger partial charge in [0.15, 0.2) is 0 Å². The Morgan fingerprint density at radius 2 is 2.08 bits per heavy atom. The van der Waals surface area contributed by atoms with Crippen LogP contribution in [0.1, 0.15) is 40.5 Å². The van der Waals surface area contributed by atoms with Crippen molar-refractivity contribution in [3.8, 4) is 0 Å². The summed E-state index contributed by atoms with van der Waals surface area (Å²) < 4.78 is 0. The topological polar surface area (TPSA) is 20.2 Å². The average Bonchev–Trinajstić information content (AvgIpc) is 2.03. The van der Waals surface area contributed by atoms with Gasteiger partial charge in [0.25, 0.3) is 0 Å². The maximum atomic E-state index is 9.54. The fraction of sp³-hybridized carbons (Fsp3) is 0.667. The van der Waals surface area contributed by atoms with Crippen LogP contribution in [0.5, 0.6) is 0 Å². The maximum Gasteiger partial charge on any atom is 0.0600 e. The molecular weight excluding hydrogens is 160 g/mol. The van der Waals surface area contributed by atoms with Crippen LogP contribution in [0.25, 0.3) is 0 Å². The molecule has 0 aromatic heterocycles. The Balaban J connectivity index is 4.14. The van der Waals surface area contributed by atoms with Crippen molar-refractivity contribution in [1.29, 1.82) is 0 Å². The molecule has 0 aromatic rings. The molecule has 76 valence electrons. The van der Waals surface area contributed by atoms with Crippen molar-refractivity contribution < 1.29 is 5.11 Å². The standard InChI is InChI=1S/C12H22O/c1-6-12(5,11(4)13)9-7-8-10(2)3/h6,8,11,13H,1,7,9H2,2-5H3. The molecule has 0 aromatic carbocycles. The van der Waals surface area contributed by atoms with Crippen LogP contribution in [0.2, 0.25) is 0 Å². The van der Waals surface area contributed by atoms with Gasteiger partial charge in [-0.3, -0.25) is 0 Å². The lowest BCUT2D eigenvalue weighted by molar-refractivity contribution is 0.0818. The van der Waals surface area contributed by atoms with Gasteiger partial charge in [0.1, 0.15) is 0 Å². The van der Waals surface area contributed by atoms with E-state index in [1.807, 2.05) is 19.9 Å². The van der Waals surface area contributed by atoms with Crippen LogP contribution in [0.3, 0.4) is 0 Å². The molecule has 0 rings (SSSR count). The van der Waals surface area contributed by atoms with E-state index in [0.29, 0.717) is 0 Å². The predicted molar refractivity (Wildman–Crippen MR) is 58.6 cm³/mol. The van der Waals surface area contributed by atoms with E-state index in [2.05, 4.69) is 26.5 Å². The average molecular weight is 182 g/mol. The van der Waals surface area contributed by atoms with Gasteiger partial charge in [-0.25, -0.2) is 0 Å². The number of aliphatic hydroxyl groups is 1. The smallest absolute Gasteiger partial charge is 0.0600 e. The summed E-state index contributed by atoms with van der Waals surface area (Å²) in [7, 11) is 0. The third-order valence-electron chi connectivity index (χ3n) is 2.66. The summed E-state index contributed by atoms with van der Waals surface area (Å²) >= 11 is 0. The Morgan fingerprint density at radius 3 is 2.38 bits per heavy atom. The minimum Gasteiger partial charge on any atom is -0.393 e. The van der Waals surface area contributed by atoms with Gasteiger partial charge in [-0.05, 0) is 33.6 Å². The summed E-state index contributed by atoms with van der Waals surface area (Å²) in [5, 5.41) is 9.54. The molecule has 2 unspecified atom stereocenters. The van der Waals surface area contributed by atoms with E-state index in [4.69, 9.17) is 0 Å². The molecule has 0 saturated heterocycles. The fourth-order valence-electron chi connectivity index (χ4n) is 1.15. The first-order valence-corrected chi connectivity index (χ1v) is 4.87. The molecule has 0 aliphatic carbocycles. The van der Waals surface area contributed by atoms with Crippen LogP contribution in [-0.4, -0.2) is 11.2 Å². The second kappa shape index (κ2) is 5.23. The lowest BCUT2D eigenvalue weighted by atomic mass is 9.80. The van der Waals surface area contributed by atoms with Crippen molar-refractivity contribution in [2.75, 3.05) is 0 Å². The third-order valence-corrected chi connectivity index (χ3v) is 2.66. The van der Waals surface area contributed by atoms with Crippen molar-refractivity contribution in [1.82, 2.24) is 0 Å². The van der Waals surface area contributed by atoms with Gasteiger partial charge >= 0.3 is 0 Å². The van der Waals surface area contributed by atoms with E-state index in [1.54, 1.807) is 0 Å². The molecule has 0 aliphatic rings. The second-order valence-corrected chi connectivity index (χ2v) is 4.21. The van der Waals surface area contributed by atoms with Crippen LogP contribution in [-0.2, 0) is 0 Å². The molecule has 1 heteroatoms. The summed E-state index contributed by atoms with van der Waals surface area (Å²) in [4.78, 5) is 0. The highest BCUT2D eigenvalue weighted by Gasteiger charge is 2.24. The van der Waals surface area contributed by atoms with Crippen LogP contribution < -0.4 is 0 Å². The summed E-state index contributed by atoms with van der Waals surface area (Å²) in [5.41, 5.74) is 1.18. The lowest BCUT2D eigenvalue weighted by Crippen LogP contribution is -2.27. The Bertz CT molecular complexity index is 187. The number of allylic oxidation sites excluding steroid dienone is 2. The van der Waals surface area contributed by atoms with E-state index in [-0.39, 0.29) is 11.5 Å². The lowest BCUT2D eigenvalue weighted by Gasteiger charge is -2.28. The Kier molecular flexibility index (Phi) is 5.01. The maximum absolute atomic E-state index is 9.54. The molecule has 0 saturated carbocycles. The molecular formula is C12H22O. The van der Waals surface area contributed by atoms with Gasteiger partial charge < -0.3 is 5.11 Å².